The molecule has 1 aliphatic heterocycles. The fourth-order valence-electron chi connectivity index (χ4n) is 3.62. The van der Waals surface area contributed by atoms with E-state index in [1.165, 1.54) is 0 Å². The molecule has 5 nitrogen and oxygen atoms in total. The summed E-state index contributed by atoms with van der Waals surface area (Å²) in [5, 5.41) is 3.57. The van der Waals surface area contributed by atoms with Crippen LogP contribution in [0.4, 0.5) is 17.1 Å². The van der Waals surface area contributed by atoms with Crippen LogP contribution in [-0.4, -0.2) is 26.6 Å². The first-order chi connectivity index (χ1) is 14.5. The predicted molar refractivity (Wildman–Crippen MR) is 131 cm³/mol. The van der Waals surface area contributed by atoms with Gasteiger partial charge in [-0.1, -0.05) is 18.2 Å². The molecule has 0 unspecified atom stereocenters. The molecule has 1 heterocycles. The van der Waals surface area contributed by atoms with Gasteiger partial charge in [0.25, 0.3) is 5.91 Å². The molecule has 0 aliphatic carbocycles. The molecule has 1 atom stereocenters. The standard InChI is InChI=1S/C24H24IN3O2/c1-4-30-20-7-5-6-19(15-20)28-23(16-8-11-18(12-9-16)27(2)3)26-22-13-10-17(25)14-21(22)24(28)29/h5-15,23,26H,4H2,1-3H3/t23-/m1/s1. The van der Waals surface area contributed by atoms with Crippen LogP contribution in [0.15, 0.2) is 66.7 Å². The molecule has 154 valence electrons. The van der Waals surface area contributed by atoms with Gasteiger partial charge in [0.15, 0.2) is 0 Å². The Kier molecular flexibility index (Phi) is 5.85. The van der Waals surface area contributed by atoms with E-state index in [1.54, 1.807) is 0 Å². The number of rotatable bonds is 5. The lowest BCUT2D eigenvalue weighted by Crippen LogP contribution is -2.43. The van der Waals surface area contributed by atoms with Gasteiger partial charge >= 0.3 is 0 Å². The number of nitrogens with one attached hydrogen (secondary N) is 1. The van der Waals surface area contributed by atoms with E-state index < -0.39 is 0 Å². The number of carbonyl (C=O) groups is 1. The van der Waals surface area contributed by atoms with Crippen LogP contribution in [0, 0.1) is 3.57 Å². The Labute approximate surface area is 190 Å². The van der Waals surface area contributed by atoms with E-state index in [2.05, 4.69) is 57.1 Å². The summed E-state index contributed by atoms with van der Waals surface area (Å²) in [7, 11) is 4.03. The van der Waals surface area contributed by atoms with Crippen molar-refractivity contribution in [3.63, 3.8) is 0 Å². The van der Waals surface area contributed by atoms with Gasteiger partial charge in [0.2, 0.25) is 0 Å². The summed E-state index contributed by atoms with van der Waals surface area (Å²) >= 11 is 2.24. The monoisotopic (exact) mass is 513 g/mol. The summed E-state index contributed by atoms with van der Waals surface area (Å²) in [6.07, 6.45) is -0.321. The van der Waals surface area contributed by atoms with Crippen molar-refractivity contribution in [2.45, 2.75) is 13.1 Å². The van der Waals surface area contributed by atoms with Gasteiger partial charge in [-0.2, -0.15) is 0 Å². The second-order valence-electron chi connectivity index (χ2n) is 7.33. The number of hydrogen-bond acceptors (Lipinski definition) is 4. The van der Waals surface area contributed by atoms with Crippen molar-refractivity contribution in [1.29, 1.82) is 0 Å². The van der Waals surface area contributed by atoms with Gasteiger partial charge in [0.1, 0.15) is 11.9 Å². The highest BCUT2D eigenvalue weighted by Gasteiger charge is 2.34. The molecule has 3 aromatic carbocycles. The van der Waals surface area contributed by atoms with Crippen molar-refractivity contribution >= 4 is 45.6 Å². The van der Waals surface area contributed by atoms with Gasteiger partial charge in [0, 0.05) is 35.1 Å². The van der Waals surface area contributed by atoms with Crippen LogP contribution in [0.25, 0.3) is 0 Å². The zero-order valence-electron chi connectivity index (χ0n) is 17.2. The maximum absolute atomic E-state index is 13.6. The molecule has 0 radical (unpaired) electrons. The highest BCUT2D eigenvalue weighted by Crippen LogP contribution is 2.38. The Bertz CT molecular complexity index is 1070. The molecule has 1 N–H and O–H groups in total. The third kappa shape index (κ3) is 3.96. The summed E-state index contributed by atoms with van der Waals surface area (Å²) in [5.74, 6) is 0.718. The van der Waals surface area contributed by atoms with Crippen molar-refractivity contribution in [2.24, 2.45) is 0 Å². The molecule has 6 heteroatoms. The molecule has 0 spiro atoms. The average Bonchev–Trinajstić information content (AvgIpc) is 2.74. The lowest BCUT2D eigenvalue weighted by atomic mass is 10.0. The van der Waals surface area contributed by atoms with Gasteiger partial charge < -0.3 is 15.0 Å². The molecule has 0 saturated carbocycles. The first-order valence-electron chi connectivity index (χ1n) is 9.87. The SMILES string of the molecule is CCOc1cccc(N2C(=O)c3cc(I)ccc3N[C@H]2c2ccc(N(C)C)cc2)c1. The first-order valence-corrected chi connectivity index (χ1v) is 11.0. The molecule has 0 saturated heterocycles. The summed E-state index contributed by atoms with van der Waals surface area (Å²) in [6.45, 7) is 2.53. The summed E-state index contributed by atoms with van der Waals surface area (Å²) in [6, 6.07) is 21.9. The topological polar surface area (TPSA) is 44.8 Å². The maximum Gasteiger partial charge on any atom is 0.262 e. The minimum atomic E-state index is -0.321. The minimum Gasteiger partial charge on any atom is -0.494 e. The second-order valence-corrected chi connectivity index (χ2v) is 8.57. The molecule has 4 rings (SSSR count). The van der Waals surface area contributed by atoms with Crippen molar-refractivity contribution in [1.82, 2.24) is 0 Å². The van der Waals surface area contributed by atoms with Crippen molar-refractivity contribution in [3.8, 4) is 5.75 Å². The van der Waals surface area contributed by atoms with E-state index in [1.807, 2.05) is 68.4 Å². The van der Waals surface area contributed by atoms with Crippen LogP contribution in [0.3, 0.4) is 0 Å². The maximum atomic E-state index is 13.6. The Morgan fingerprint density at radius 2 is 1.83 bits per heavy atom. The smallest absolute Gasteiger partial charge is 0.262 e. The molecule has 0 fully saturated rings. The largest absolute Gasteiger partial charge is 0.494 e. The van der Waals surface area contributed by atoms with Crippen molar-refractivity contribution < 1.29 is 9.53 Å². The number of hydrogen-bond donors (Lipinski definition) is 1. The van der Waals surface area contributed by atoms with Crippen LogP contribution in [0.2, 0.25) is 0 Å². The first kappa shape index (κ1) is 20.5. The van der Waals surface area contributed by atoms with Gasteiger partial charge in [0.05, 0.1) is 17.9 Å². The average molecular weight is 513 g/mol. The molecule has 30 heavy (non-hydrogen) atoms. The second kappa shape index (κ2) is 8.55. The summed E-state index contributed by atoms with van der Waals surface area (Å²) in [4.78, 5) is 17.5. The van der Waals surface area contributed by atoms with E-state index in [0.717, 1.165) is 31.9 Å². The van der Waals surface area contributed by atoms with E-state index in [4.69, 9.17) is 4.74 Å². The number of amides is 1. The fraction of sp³-hybridized carbons (Fsp3) is 0.208. The Hall–Kier alpha value is -2.74. The zero-order valence-corrected chi connectivity index (χ0v) is 19.4. The molecule has 3 aromatic rings. The van der Waals surface area contributed by atoms with E-state index in [-0.39, 0.29) is 12.1 Å². The number of ether oxygens (including phenoxy) is 1. The number of fused-ring (bicyclic) bond motifs is 1. The van der Waals surface area contributed by atoms with Gasteiger partial charge in [-0.15, -0.1) is 0 Å². The van der Waals surface area contributed by atoms with Crippen LogP contribution < -0.4 is 19.9 Å². The lowest BCUT2D eigenvalue weighted by Gasteiger charge is -2.38. The lowest BCUT2D eigenvalue weighted by molar-refractivity contribution is 0.0975. The van der Waals surface area contributed by atoms with Crippen LogP contribution >= 0.6 is 22.6 Å². The molecule has 1 amide bonds. The Morgan fingerprint density at radius 1 is 1.07 bits per heavy atom. The molecule has 0 bridgehead atoms. The molecular weight excluding hydrogens is 489 g/mol. The quantitative estimate of drug-likeness (QED) is 0.456. The molecule has 1 aliphatic rings. The number of nitrogens with zero attached hydrogens (tertiary/aromatic N) is 2. The predicted octanol–water partition coefficient (Wildman–Crippen LogP) is 5.53. The van der Waals surface area contributed by atoms with Gasteiger partial charge in [-0.25, -0.2) is 0 Å². The van der Waals surface area contributed by atoms with E-state index in [9.17, 15) is 4.79 Å². The molecule has 0 aromatic heterocycles. The van der Waals surface area contributed by atoms with E-state index in [0.29, 0.717) is 12.2 Å². The van der Waals surface area contributed by atoms with Crippen molar-refractivity contribution in [3.05, 3.63) is 81.4 Å². The zero-order chi connectivity index (χ0) is 21.3. The number of anilines is 3. The number of halogens is 1. The Morgan fingerprint density at radius 3 is 2.53 bits per heavy atom. The minimum absolute atomic E-state index is 0.0300. The highest BCUT2D eigenvalue weighted by molar-refractivity contribution is 14.1. The summed E-state index contributed by atoms with van der Waals surface area (Å²) < 4.78 is 6.71. The third-order valence-corrected chi connectivity index (χ3v) is 5.78. The fourth-order valence-corrected chi connectivity index (χ4v) is 4.11. The third-order valence-electron chi connectivity index (χ3n) is 5.11. The molecular formula is C24H24IN3O2. The van der Waals surface area contributed by atoms with Crippen LogP contribution in [0.1, 0.15) is 29.0 Å². The summed E-state index contributed by atoms with van der Waals surface area (Å²) in [5.41, 5.74) is 4.44. The van der Waals surface area contributed by atoms with Gasteiger partial charge in [-0.05, 0) is 77.5 Å². The number of benzene rings is 3. The van der Waals surface area contributed by atoms with Crippen LogP contribution in [-0.2, 0) is 0 Å². The highest BCUT2D eigenvalue weighted by atomic mass is 127. The van der Waals surface area contributed by atoms with E-state index >= 15 is 0 Å². The van der Waals surface area contributed by atoms with Crippen LogP contribution in [0.5, 0.6) is 5.75 Å². The number of carbonyl (C=O) groups excluding carboxylic acids is 1. The Balaban J connectivity index is 1.81. The normalized spacial score (nSPS) is 15.4. The van der Waals surface area contributed by atoms with Gasteiger partial charge in [-0.3, -0.25) is 9.69 Å². The van der Waals surface area contributed by atoms with Crippen molar-refractivity contribution in [2.75, 3.05) is 35.8 Å².